The Labute approximate surface area is 194 Å². The second-order valence-electron chi connectivity index (χ2n) is 8.69. The van der Waals surface area contributed by atoms with E-state index in [1.165, 1.54) is 0 Å². The fourth-order valence-corrected chi connectivity index (χ4v) is 4.95. The number of nitrogens with zero attached hydrogens (tertiary/aromatic N) is 1. The van der Waals surface area contributed by atoms with E-state index in [-0.39, 0.29) is 5.96 Å². The number of guanidine groups is 1. The van der Waals surface area contributed by atoms with Gasteiger partial charge in [0.1, 0.15) is 29.5 Å². The Kier molecular flexibility index (Phi) is 6.51. The SMILES string of the molecule is NC1=N[C@H](O)C2C3O[C@]4(O)O[C@H](C(O)C2(N1)[C@@H]4O)C3(O)CO.O=C(O)CC(O)(CC(=O)O)C(=O)O. The van der Waals surface area contributed by atoms with Crippen LogP contribution in [0.4, 0.5) is 0 Å². The summed E-state index contributed by atoms with van der Waals surface area (Å²) in [6, 6.07) is 0. The lowest BCUT2D eigenvalue weighted by atomic mass is 9.55. The van der Waals surface area contributed by atoms with Crippen molar-refractivity contribution in [2.24, 2.45) is 16.6 Å². The Bertz CT molecular complexity index is 930. The summed E-state index contributed by atoms with van der Waals surface area (Å²) >= 11 is 0. The number of ether oxygens (including phenoxy) is 2. The Hall–Kier alpha value is -2.68. The molecule has 4 aliphatic heterocycles. The van der Waals surface area contributed by atoms with E-state index in [9.17, 15) is 45.0 Å². The molecule has 4 fully saturated rings. The summed E-state index contributed by atoms with van der Waals surface area (Å²) in [5.41, 5.74) is -1.00. The van der Waals surface area contributed by atoms with E-state index in [2.05, 4.69) is 10.3 Å². The van der Waals surface area contributed by atoms with E-state index in [0.29, 0.717) is 0 Å². The quantitative estimate of drug-likeness (QED) is 0.157. The minimum atomic E-state index is -2.74. The molecule has 0 aromatic carbocycles. The molecule has 5 rings (SSSR count). The highest BCUT2D eigenvalue weighted by molar-refractivity contribution is 5.88. The number of aliphatic carboxylic acids is 3. The molecule has 9 atom stereocenters. The molecule has 1 aliphatic carbocycles. The molecule has 198 valence electrons. The number of aliphatic imine (C=N–C) groups is 1. The van der Waals surface area contributed by atoms with Crippen LogP contribution in [0.2, 0.25) is 0 Å². The minimum absolute atomic E-state index is 0.250. The van der Waals surface area contributed by atoms with Gasteiger partial charge in [-0.2, -0.15) is 0 Å². The Balaban J connectivity index is 0.000000228. The highest BCUT2D eigenvalue weighted by atomic mass is 16.9. The van der Waals surface area contributed by atoms with E-state index in [1.54, 1.807) is 0 Å². The van der Waals surface area contributed by atoms with Crippen LogP contribution in [0, 0.1) is 5.92 Å². The fraction of sp³-hybridized carbons (Fsp3) is 0.765. The van der Waals surface area contributed by atoms with Gasteiger partial charge in [-0.05, 0) is 0 Å². The molecule has 0 aromatic heterocycles. The van der Waals surface area contributed by atoms with Crippen molar-refractivity contribution in [1.82, 2.24) is 5.32 Å². The number of nitrogens with two attached hydrogens (primary N) is 1. The van der Waals surface area contributed by atoms with Gasteiger partial charge in [-0.25, -0.2) is 9.79 Å². The summed E-state index contributed by atoms with van der Waals surface area (Å²) in [6.07, 6.45) is -10.1. The molecule has 1 saturated carbocycles. The zero-order chi connectivity index (χ0) is 26.7. The maximum Gasteiger partial charge on any atom is 0.336 e. The average Bonchev–Trinajstić information content (AvgIpc) is 2.71. The molecular formula is C17H25N3O15. The van der Waals surface area contributed by atoms with Crippen molar-refractivity contribution in [1.29, 1.82) is 0 Å². The van der Waals surface area contributed by atoms with Crippen molar-refractivity contribution in [2.75, 3.05) is 6.61 Å². The number of hydrogen-bond donors (Lipinski definition) is 12. The molecule has 4 bridgehead atoms. The Morgan fingerprint density at radius 3 is 2.00 bits per heavy atom. The highest BCUT2D eigenvalue weighted by Gasteiger charge is 2.83. The van der Waals surface area contributed by atoms with Gasteiger partial charge in [0, 0.05) is 0 Å². The van der Waals surface area contributed by atoms with E-state index in [1.807, 2.05) is 0 Å². The summed E-state index contributed by atoms with van der Waals surface area (Å²) < 4.78 is 10.3. The first kappa shape index (κ1) is 26.9. The molecular weight excluding hydrogens is 486 g/mol. The van der Waals surface area contributed by atoms with Crippen LogP contribution in [-0.4, -0.2) is 135 Å². The first-order valence-corrected chi connectivity index (χ1v) is 9.94. The number of aliphatic hydroxyl groups is 7. The van der Waals surface area contributed by atoms with Crippen molar-refractivity contribution in [2.45, 2.75) is 66.2 Å². The van der Waals surface area contributed by atoms with E-state index in [0.717, 1.165) is 0 Å². The highest BCUT2D eigenvalue weighted by Crippen LogP contribution is 2.58. The lowest BCUT2D eigenvalue weighted by molar-refractivity contribution is -0.548. The molecule has 1 spiro atoms. The van der Waals surface area contributed by atoms with E-state index >= 15 is 0 Å². The van der Waals surface area contributed by atoms with Crippen LogP contribution in [0.15, 0.2) is 4.99 Å². The van der Waals surface area contributed by atoms with Gasteiger partial charge >= 0.3 is 23.9 Å². The molecule has 0 aromatic rings. The lowest BCUT2D eigenvalue weighted by Crippen LogP contribution is -2.95. The fourth-order valence-electron chi connectivity index (χ4n) is 4.95. The van der Waals surface area contributed by atoms with Crippen LogP contribution < -0.4 is 11.1 Å². The number of carboxylic acid groups (broad SMARTS) is 3. The van der Waals surface area contributed by atoms with Crippen LogP contribution >= 0.6 is 0 Å². The zero-order valence-corrected chi connectivity index (χ0v) is 17.6. The van der Waals surface area contributed by atoms with Gasteiger partial charge in [-0.3, -0.25) is 9.59 Å². The molecule has 5 aliphatic rings. The maximum absolute atomic E-state index is 10.6. The molecule has 0 amide bonds. The number of rotatable bonds is 6. The van der Waals surface area contributed by atoms with Crippen LogP contribution in [-0.2, 0) is 23.9 Å². The zero-order valence-electron chi connectivity index (χ0n) is 17.6. The Morgan fingerprint density at radius 2 is 1.54 bits per heavy atom. The summed E-state index contributed by atoms with van der Waals surface area (Å²) in [4.78, 5) is 34.2. The summed E-state index contributed by atoms with van der Waals surface area (Å²) in [7, 11) is 0. The summed E-state index contributed by atoms with van der Waals surface area (Å²) in [6.45, 7) is -0.857. The van der Waals surface area contributed by atoms with Gasteiger partial charge in [-0.15, -0.1) is 0 Å². The van der Waals surface area contributed by atoms with Crippen LogP contribution in [0.5, 0.6) is 0 Å². The van der Waals surface area contributed by atoms with Crippen molar-refractivity contribution in [3.63, 3.8) is 0 Å². The van der Waals surface area contributed by atoms with Gasteiger partial charge in [-0.1, -0.05) is 0 Å². The van der Waals surface area contributed by atoms with Gasteiger partial charge in [0.15, 0.2) is 23.9 Å². The average molecular weight is 511 g/mol. The number of carbonyl (C=O) groups is 3. The van der Waals surface area contributed by atoms with E-state index in [4.69, 9.17) is 35.6 Å². The summed E-state index contributed by atoms with van der Waals surface area (Å²) in [5.74, 6) is -8.96. The first-order chi connectivity index (χ1) is 16.0. The third-order valence-electron chi connectivity index (χ3n) is 6.50. The largest absolute Gasteiger partial charge is 0.481 e. The second kappa shape index (κ2) is 8.47. The van der Waals surface area contributed by atoms with Gasteiger partial charge in [0.05, 0.1) is 25.4 Å². The van der Waals surface area contributed by atoms with Crippen LogP contribution in [0.1, 0.15) is 12.8 Å². The predicted molar refractivity (Wildman–Crippen MR) is 103 cm³/mol. The topological polar surface area (TPSA) is 322 Å². The van der Waals surface area contributed by atoms with Crippen LogP contribution in [0.3, 0.4) is 0 Å². The predicted octanol–water partition coefficient (Wildman–Crippen LogP) is -6.77. The molecule has 5 unspecified atom stereocenters. The molecule has 13 N–H and O–H groups in total. The van der Waals surface area contributed by atoms with Crippen molar-refractivity contribution in [3.05, 3.63) is 0 Å². The van der Waals surface area contributed by atoms with Gasteiger partial charge in [0.2, 0.25) is 0 Å². The second-order valence-corrected chi connectivity index (χ2v) is 8.69. The number of aliphatic hydroxyl groups excluding tert-OH is 4. The number of hydrogen-bond acceptors (Lipinski definition) is 15. The van der Waals surface area contributed by atoms with Crippen LogP contribution in [0.25, 0.3) is 0 Å². The molecule has 4 heterocycles. The van der Waals surface area contributed by atoms with E-state index < -0.39 is 96.6 Å². The molecule has 3 saturated heterocycles. The summed E-state index contributed by atoms with van der Waals surface area (Å²) in [5, 5.41) is 98.1. The smallest absolute Gasteiger partial charge is 0.336 e. The maximum atomic E-state index is 10.6. The lowest BCUT2D eigenvalue weighted by Gasteiger charge is -2.71. The standard InChI is InChI=1S/C11H17N3O8.C6H8O7/c12-8-13-6(17)2-4-9(19,1-15)5-3(16)10(2,14-8)7(18)11(20,21-4)22-5;7-3(8)1-6(13,5(11)12)2-4(9)10/h2-7,15-20H,1H2,(H3,12,13,14);13H,1-2H2,(H,7,8)(H,9,10)(H,11,12)/t2?,3?,4?,5-,6-,7+,9?,10?,11+;/m1./s1. The Morgan fingerprint density at radius 1 is 1.03 bits per heavy atom. The third kappa shape index (κ3) is 3.88. The van der Waals surface area contributed by atoms with Crippen molar-refractivity contribution >= 4 is 23.9 Å². The van der Waals surface area contributed by atoms with Gasteiger partial charge in [0.25, 0.3) is 0 Å². The first-order valence-electron chi connectivity index (χ1n) is 9.94. The van der Waals surface area contributed by atoms with Crippen molar-refractivity contribution in [3.8, 4) is 0 Å². The molecule has 18 nitrogen and oxygen atoms in total. The molecule has 0 radical (unpaired) electrons. The number of nitrogens with one attached hydrogen (secondary N) is 1. The number of carboxylic acids is 3. The molecule has 18 heteroatoms. The van der Waals surface area contributed by atoms with Crippen molar-refractivity contribution < 1.29 is 74.9 Å². The monoisotopic (exact) mass is 511 g/mol. The van der Waals surface area contributed by atoms with Gasteiger partial charge < -0.3 is 71.6 Å². The molecule has 35 heavy (non-hydrogen) atoms. The normalized spacial score (nSPS) is 43.2. The minimum Gasteiger partial charge on any atom is -0.481 e. The third-order valence-corrected chi connectivity index (χ3v) is 6.50.